The van der Waals surface area contributed by atoms with Crippen LogP contribution < -0.4 is 10.6 Å². The molecule has 0 radical (unpaired) electrons. The van der Waals surface area contributed by atoms with Gasteiger partial charge in [-0.1, -0.05) is 6.07 Å². The van der Waals surface area contributed by atoms with E-state index in [-0.39, 0.29) is 11.9 Å². The molecule has 7 heteroatoms. The van der Waals surface area contributed by atoms with Gasteiger partial charge in [0.25, 0.3) is 5.91 Å². The summed E-state index contributed by atoms with van der Waals surface area (Å²) in [6.45, 7) is 6.09. The molecule has 0 spiro atoms. The molecule has 1 aromatic carbocycles. The summed E-state index contributed by atoms with van der Waals surface area (Å²) in [5, 5.41) is 6.62. The number of rotatable bonds is 5. The fourth-order valence-electron chi connectivity index (χ4n) is 3.46. The van der Waals surface area contributed by atoms with E-state index in [2.05, 4.69) is 15.6 Å². The Bertz CT molecular complexity index is 879. The molecule has 2 aromatic rings. The fourth-order valence-corrected chi connectivity index (χ4v) is 4.00. The molecule has 1 aromatic heterocycles. The Hall–Kier alpha value is -2.54. The van der Waals surface area contributed by atoms with Gasteiger partial charge in [-0.15, -0.1) is 11.8 Å². The zero-order valence-corrected chi connectivity index (χ0v) is 18.0. The summed E-state index contributed by atoms with van der Waals surface area (Å²) in [5.74, 6) is 0.416. The number of amides is 3. The predicted molar refractivity (Wildman–Crippen MR) is 118 cm³/mol. The van der Waals surface area contributed by atoms with Crippen LogP contribution in [0.4, 0.5) is 10.5 Å². The average Bonchev–Trinajstić information content (AvgIpc) is 2.74. The Morgan fingerprint density at radius 1 is 1.17 bits per heavy atom. The largest absolute Gasteiger partial charge is 0.339 e. The van der Waals surface area contributed by atoms with E-state index in [0.29, 0.717) is 31.1 Å². The number of hydrogen-bond donors (Lipinski definition) is 2. The maximum atomic E-state index is 12.8. The van der Waals surface area contributed by atoms with Crippen LogP contribution in [0.15, 0.2) is 41.6 Å². The highest BCUT2D eigenvalue weighted by Crippen LogP contribution is 2.23. The van der Waals surface area contributed by atoms with Crippen LogP contribution in [0.1, 0.15) is 34.3 Å². The molecule has 1 aliphatic rings. The van der Waals surface area contributed by atoms with E-state index >= 15 is 0 Å². The monoisotopic (exact) mass is 412 g/mol. The number of carbonyl (C=O) groups is 2. The van der Waals surface area contributed by atoms with Gasteiger partial charge >= 0.3 is 6.03 Å². The number of aromatic nitrogens is 1. The van der Waals surface area contributed by atoms with E-state index < -0.39 is 0 Å². The van der Waals surface area contributed by atoms with E-state index in [0.717, 1.165) is 29.1 Å². The van der Waals surface area contributed by atoms with Crippen molar-refractivity contribution in [1.82, 2.24) is 15.2 Å². The minimum Gasteiger partial charge on any atom is -0.339 e. The highest BCUT2D eigenvalue weighted by Gasteiger charge is 2.25. The standard InChI is InChI=1S/C22H28N4O2S/c1-15-6-7-18(13-16(15)2)25-22(28)24-14-17-8-11-26(12-9-17)21(27)19-5-4-10-23-20(19)29-3/h4-7,10,13,17H,8-9,11-12,14H2,1-3H3,(H2,24,25,28). The van der Waals surface area contributed by atoms with Crippen molar-refractivity contribution < 1.29 is 9.59 Å². The number of anilines is 1. The summed E-state index contributed by atoms with van der Waals surface area (Å²) in [6, 6.07) is 9.34. The van der Waals surface area contributed by atoms with Gasteiger partial charge < -0.3 is 15.5 Å². The summed E-state index contributed by atoms with van der Waals surface area (Å²) in [7, 11) is 0. The number of urea groups is 1. The molecular formula is C22H28N4O2S. The van der Waals surface area contributed by atoms with E-state index in [1.54, 1.807) is 12.3 Å². The topological polar surface area (TPSA) is 74.3 Å². The zero-order valence-electron chi connectivity index (χ0n) is 17.2. The molecule has 3 rings (SSSR count). The molecule has 29 heavy (non-hydrogen) atoms. The Morgan fingerprint density at radius 3 is 2.62 bits per heavy atom. The number of aryl methyl sites for hydroxylation is 2. The number of thioether (sulfide) groups is 1. The van der Waals surface area contributed by atoms with Crippen molar-refractivity contribution in [1.29, 1.82) is 0 Å². The van der Waals surface area contributed by atoms with Crippen LogP contribution in [0.25, 0.3) is 0 Å². The van der Waals surface area contributed by atoms with Crippen molar-refractivity contribution >= 4 is 29.4 Å². The van der Waals surface area contributed by atoms with Gasteiger partial charge in [0, 0.05) is 31.5 Å². The summed E-state index contributed by atoms with van der Waals surface area (Å²) in [6.07, 6.45) is 5.40. The van der Waals surface area contributed by atoms with Gasteiger partial charge in [-0.25, -0.2) is 9.78 Å². The second kappa shape index (κ2) is 9.78. The number of piperidine rings is 1. The molecule has 0 aliphatic carbocycles. The number of likely N-dealkylation sites (tertiary alicyclic amines) is 1. The maximum Gasteiger partial charge on any atom is 0.319 e. The highest BCUT2D eigenvalue weighted by atomic mass is 32.2. The van der Waals surface area contributed by atoms with Crippen LogP contribution >= 0.6 is 11.8 Å². The van der Waals surface area contributed by atoms with Crippen LogP contribution in [-0.4, -0.2) is 47.7 Å². The first-order valence-corrected chi connectivity index (χ1v) is 11.1. The van der Waals surface area contributed by atoms with Crippen molar-refractivity contribution in [2.75, 3.05) is 31.2 Å². The quantitative estimate of drug-likeness (QED) is 0.725. The lowest BCUT2D eigenvalue weighted by Gasteiger charge is -2.32. The Labute approximate surface area is 176 Å². The molecule has 2 heterocycles. The van der Waals surface area contributed by atoms with Gasteiger partial charge in [0.15, 0.2) is 0 Å². The van der Waals surface area contributed by atoms with Gasteiger partial charge in [0.05, 0.1) is 5.56 Å². The molecule has 1 saturated heterocycles. The normalized spacial score (nSPS) is 14.5. The SMILES string of the molecule is CSc1ncccc1C(=O)N1CCC(CNC(=O)Nc2ccc(C)c(C)c2)CC1. The number of benzene rings is 1. The van der Waals surface area contributed by atoms with Crippen LogP contribution in [-0.2, 0) is 0 Å². The third-order valence-electron chi connectivity index (χ3n) is 5.41. The Kier molecular flexibility index (Phi) is 7.14. The first-order valence-electron chi connectivity index (χ1n) is 9.88. The second-order valence-corrected chi connectivity index (χ2v) is 8.22. The van der Waals surface area contributed by atoms with Gasteiger partial charge in [-0.05, 0) is 74.3 Å². The third-order valence-corrected chi connectivity index (χ3v) is 6.12. The van der Waals surface area contributed by atoms with Crippen molar-refractivity contribution in [2.24, 2.45) is 5.92 Å². The molecular weight excluding hydrogens is 384 g/mol. The first-order chi connectivity index (χ1) is 14.0. The number of hydrogen-bond acceptors (Lipinski definition) is 4. The predicted octanol–water partition coefficient (Wildman–Crippen LogP) is 4.09. The molecule has 2 N–H and O–H groups in total. The molecule has 1 fully saturated rings. The van der Waals surface area contributed by atoms with Crippen molar-refractivity contribution in [3.63, 3.8) is 0 Å². The lowest BCUT2D eigenvalue weighted by molar-refractivity contribution is 0.0686. The van der Waals surface area contributed by atoms with E-state index in [9.17, 15) is 9.59 Å². The Morgan fingerprint density at radius 2 is 1.93 bits per heavy atom. The van der Waals surface area contributed by atoms with Crippen LogP contribution in [0, 0.1) is 19.8 Å². The molecule has 0 bridgehead atoms. The smallest absolute Gasteiger partial charge is 0.319 e. The van der Waals surface area contributed by atoms with Crippen molar-refractivity contribution in [2.45, 2.75) is 31.7 Å². The number of nitrogens with one attached hydrogen (secondary N) is 2. The zero-order chi connectivity index (χ0) is 20.8. The van der Waals surface area contributed by atoms with Gasteiger partial charge in [0.1, 0.15) is 5.03 Å². The van der Waals surface area contributed by atoms with Crippen molar-refractivity contribution in [3.05, 3.63) is 53.2 Å². The molecule has 0 saturated carbocycles. The second-order valence-electron chi connectivity index (χ2n) is 7.43. The molecule has 3 amide bonds. The minimum absolute atomic E-state index is 0.0429. The van der Waals surface area contributed by atoms with Gasteiger partial charge in [-0.2, -0.15) is 0 Å². The Balaban J connectivity index is 1.45. The fraction of sp³-hybridized carbons (Fsp3) is 0.409. The van der Waals surface area contributed by atoms with E-state index in [1.807, 2.05) is 49.3 Å². The van der Waals surface area contributed by atoms with Gasteiger partial charge in [0.2, 0.25) is 0 Å². The summed E-state index contributed by atoms with van der Waals surface area (Å²) in [4.78, 5) is 31.2. The molecule has 154 valence electrons. The van der Waals surface area contributed by atoms with Crippen LogP contribution in [0.2, 0.25) is 0 Å². The van der Waals surface area contributed by atoms with Crippen molar-refractivity contribution in [3.8, 4) is 0 Å². The van der Waals surface area contributed by atoms with Gasteiger partial charge in [-0.3, -0.25) is 4.79 Å². The third kappa shape index (κ3) is 5.50. The summed E-state index contributed by atoms with van der Waals surface area (Å²) >= 11 is 1.49. The first kappa shape index (κ1) is 21.2. The lowest BCUT2D eigenvalue weighted by Crippen LogP contribution is -2.42. The van der Waals surface area contributed by atoms with E-state index in [4.69, 9.17) is 0 Å². The molecule has 0 atom stereocenters. The number of pyridine rings is 1. The van der Waals surface area contributed by atoms with Crippen LogP contribution in [0.5, 0.6) is 0 Å². The highest BCUT2D eigenvalue weighted by molar-refractivity contribution is 7.98. The average molecular weight is 413 g/mol. The van der Waals surface area contributed by atoms with E-state index in [1.165, 1.54) is 17.3 Å². The number of nitrogens with zero attached hydrogens (tertiary/aromatic N) is 2. The number of carbonyl (C=O) groups excluding carboxylic acids is 2. The maximum absolute atomic E-state index is 12.8. The summed E-state index contributed by atoms with van der Waals surface area (Å²) < 4.78 is 0. The summed E-state index contributed by atoms with van der Waals surface area (Å²) in [5.41, 5.74) is 3.82. The molecule has 1 aliphatic heterocycles. The minimum atomic E-state index is -0.188. The van der Waals surface area contributed by atoms with Crippen LogP contribution in [0.3, 0.4) is 0 Å². The molecule has 6 nitrogen and oxygen atoms in total. The lowest BCUT2D eigenvalue weighted by atomic mass is 9.96. The molecule has 0 unspecified atom stereocenters.